The number of allylic oxidation sites excluding steroid dienone is 14. The first kappa shape index (κ1) is 58.6. The fourth-order valence-corrected chi connectivity index (χ4v) is 6.82. The van der Waals surface area contributed by atoms with E-state index in [1.165, 1.54) is 109 Å². The van der Waals surface area contributed by atoms with E-state index in [1.807, 2.05) is 24.3 Å². The topological polar surface area (TPSA) is 78.9 Å². The van der Waals surface area contributed by atoms with E-state index < -0.39 is 6.10 Å². The zero-order valence-electron chi connectivity index (χ0n) is 40.4. The van der Waals surface area contributed by atoms with Crippen molar-refractivity contribution in [2.75, 3.05) is 13.2 Å². The van der Waals surface area contributed by atoms with E-state index in [-0.39, 0.29) is 31.1 Å². The molecular weight excluding hydrogens is 769 g/mol. The summed E-state index contributed by atoms with van der Waals surface area (Å²) in [6.45, 7) is 6.45. The first-order valence-corrected chi connectivity index (χ1v) is 25.7. The van der Waals surface area contributed by atoms with Crippen molar-refractivity contribution in [2.24, 2.45) is 0 Å². The molecule has 0 saturated carbocycles. The zero-order valence-corrected chi connectivity index (χ0v) is 40.4. The highest BCUT2D eigenvalue weighted by atomic mass is 16.6. The van der Waals surface area contributed by atoms with Crippen molar-refractivity contribution in [2.45, 2.75) is 239 Å². The summed E-state index contributed by atoms with van der Waals surface area (Å²) >= 11 is 0. The van der Waals surface area contributed by atoms with Gasteiger partial charge in [0.05, 0.1) is 0 Å². The van der Waals surface area contributed by atoms with Gasteiger partial charge in [-0.1, -0.05) is 215 Å². The predicted octanol–water partition coefficient (Wildman–Crippen LogP) is 16.8. The van der Waals surface area contributed by atoms with E-state index in [9.17, 15) is 14.4 Å². The Morgan fingerprint density at radius 2 is 0.645 bits per heavy atom. The van der Waals surface area contributed by atoms with Gasteiger partial charge in [-0.05, 0) is 83.5 Å². The van der Waals surface area contributed by atoms with Crippen LogP contribution in [0.25, 0.3) is 0 Å². The lowest BCUT2D eigenvalue weighted by Gasteiger charge is -2.18. The molecule has 0 radical (unpaired) electrons. The van der Waals surface area contributed by atoms with Crippen LogP contribution in [0, 0.1) is 0 Å². The highest BCUT2D eigenvalue weighted by molar-refractivity contribution is 5.71. The molecular formula is C56H94O6. The van der Waals surface area contributed by atoms with Gasteiger partial charge >= 0.3 is 17.9 Å². The average Bonchev–Trinajstić information content (AvgIpc) is 3.27. The smallest absolute Gasteiger partial charge is 0.306 e. The van der Waals surface area contributed by atoms with Gasteiger partial charge < -0.3 is 14.2 Å². The maximum atomic E-state index is 12.8. The third kappa shape index (κ3) is 47.6. The average molecular weight is 863 g/mol. The number of carbonyl (C=O) groups is 3. The van der Waals surface area contributed by atoms with Crippen LogP contribution in [-0.2, 0) is 28.6 Å². The molecule has 0 amide bonds. The van der Waals surface area contributed by atoms with Crippen LogP contribution in [0.2, 0.25) is 0 Å². The van der Waals surface area contributed by atoms with E-state index in [2.05, 4.69) is 81.5 Å². The fourth-order valence-electron chi connectivity index (χ4n) is 6.82. The second-order valence-corrected chi connectivity index (χ2v) is 16.8. The minimum atomic E-state index is -0.799. The van der Waals surface area contributed by atoms with Crippen LogP contribution in [0.4, 0.5) is 0 Å². The lowest BCUT2D eigenvalue weighted by Crippen LogP contribution is -2.30. The molecule has 0 aromatic rings. The Balaban J connectivity index is 4.41. The van der Waals surface area contributed by atoms with Gasteiger partial charge in [-0.25, -0.2) is 0 Å². The maximum Gasteiger partial charge on any atom is 0.306 e. The first-order valence-electron chi connectivity index (χ1n) is 25.7. The van der Waals surface area contributed by atoms with Gasteiger partial charge in [-0.2, -0.15) is 0 Å². The molecule has 0 bridgehead atoms. The standard InChI is InChI=1S/C56H94O6/c1-4-7-10-13-16-19-21-23-25-27-29-30-32-34-37-40-43-46-49-55(58)61-52-53(51-60-54(57)48-45-42-39-36-18-15-12-9-6-3)62-56(59)50-47-44-41-38-35-33-31-28-26-24-22-20-17-14-11-8-5-2/h10,13,16,19,21,23-27,29-30,36,39,53H,4-9,11-12,14-15,17-18,20,22,28,31-35,37-38,40-52H2,1-3H3/b13-10-,19-16-,23-21-,26-24-,27-25-,30-29-,39-36-. The molecule has 0 spiro atoms. The van der Waals surface area contributed by atoms with Gasteiger partial charge in [0, 0.05) is 19.3 Å². The molecule has 0 aliphatic rings. The highest BCUT2D eigenvalue weighted by Gasteiger charge is 2.19. The van der Waals surface area contributed by atoms with Crippen molar-refractivity contribution in [1.82, 2.24) is 0 Å². The Bertz CT molecular complexity index is 1220. The molecule has 0 heterocycles. The lowest BCUT2D eigenvalue weighted by molar-refractivity contribution is -0.167. The van der Waals surface area contributed by atoms with E-state index in [0.29, 0.717) is 25.7 Å². The van der Waals surface area contributed by atoms with Crippen LogP contribution >= 0.6 is 0 Å². The fraction of sp³-hybridized carbons (Fsp3) is 0.696. The number of unbranched alkanes of at least 4 members (excludes halogenated alkanes) is 24. The minimum absolute atomic E-state index is 0.101. The van der Waals surface area contributed by atoms with E-state index in [0.717, 1.165) is 77.0 Å². The third-order valence-corrected chi connectivity index (χ3v) is 10.7. The van der Waals surface area contributed by atoms with Gasteiger partial charge in [0.2, 0.25) is 0 Å². The zero-order chi connectivity index (χ0) is 45.1. The predicted molar refractivity (Wildman–Crippen MR) is 265 cm³/mol. The minimum Gasteiger partial charge on any atom is -0.462 e. The normalized spacial score (nSPS) is 12.8. The maximum absolute atomic E-state index is 12.8. The Kier molecular flexibility index (Phi) is 47.5. The van der Waals surface area contributed by atoms with Crippen LogP contribution in [0.3, 0.4) is 0 Å². The molecule has 0 rings (SSSR count). The molecule has 0 fully saturated rings. The van der Waals surface area contributed by atoms with Crippen LogP contribution in [0.1, 0.15) is 233 Å². The molecule has 0 N–H and O–H groups in total. The van der Waals surface area contributed by atoms with Crippen molar-refractivity contribution >= 4 is 17.9 Å². The van der Waals surface area contributed by atoms with Crippen molar-refractivity contribution in [1.29, 1.82) is 0 Å². The Hall–Kier alpha value is -3.41. The van der Waals surface area contributed by atoms with Gasteiger partial charge in [0.15, 0.2) is 6.10 Å². The van der Waals surface area contributed by atoms with Gasteiger partial charge in [0.25, 0.3) is 0 Å². The lowest BCUT2D eigenvalue weighted by atomic mass is 10.1. The number of ether oxygens (including phenoxy) is 3. The number of esters is 3. The van der Waals surface area contributed by atoms with E-state index in [1.54, 1.807) is 0 Å². The van der Waals surface area contributed by atoms with Crippen molar-refractivity contribution in [3.63, 3.8) is 0 Å². The van der Waals surface area contributed by atoms with Gasteiger partial charge in [0.1, 0.15) is 13.2 Å². The largest absolute Gasteiger partial charge is 0.462 e. The molecule has 0 aromatic carbocycles. The molecule has 1 atom stereocenters. The number of rotatable bonds is 45. The molecule has 1 unspecified atom stereocenters. The van der Waals surface area contributed by atoms with Crippen LogP contribution in [0.5, 0.6) is 0 Å². The molecule has 62 heavy (non-hydrogen) atoms. The quantitative estimate of drug-likeness (QED) is 0.0199. The molecule has 354 valence electrons. The Morgan fingerprint density at radius 1 is 0.323 bits per heavy atom. The van der Waals surface area contributed by atoms with Crippen molar-refractivity contribution in [3.05, 3.63) is 85.1 Å². The Labute approximate surface area is 382 Å². The summed E-state index contributed by atoms with van der Waals surface area (Å²) < 4.78 is 16.7. The number of hydrogen-bond acceptors (Lipinski definition) is 6. The molecule has 6 heteroatoms. The van der Waals surface area contributed by atoms with Gasteiger partial charge in [-0.15, -0.1) is 0 Å². The monoisotopic (exact) mass is 863 g/mol. The third-order valence-electron chi connectivity index (χ3n) is 10.7. The highest BCUT2D eigenvalue weighted by Crippen LogP contribution is 2.14. The molecule has 0 aliphatic heterocycles. The van der Waals surface area contributed by atoms with Gasteiger partial charge in [-0.3, -0.25) is 14.4 Å². The molecule has 6 nitrogen and oxygen atoms in total. The second kappa shape index (κ2) is 50.2. The second-order valence-electron chi connectivity index (χ2n) is 16.8. The summed E-state index contributed by atoms with van der Waals surface area (Å²) in [5, 5.41) is 0. The first-order chi connectivity index (χ1) is 30.5. The SMILES string of the molecule is CCC\C=C/C=C\C=C/C=C\C=C/CCCCCCCC(=O)OCC(COC(=O)CCC/C=C\CCCCCC)OC(=O)CCCCCCCCC/C=C\CCCCCCCC. The molecule has 0 aliphatic carbocycles. The van der Waals surface area contributed by atoms with Crippen molar-refractivity contribution < 1.29 is 28.6 Å². The number of hydrogen-bond donors (Lipinski definition) is 0. The summed E-state index contributed by atoms with van der Waals surface area (Å²) in [5.41, 5.74) is 0. The molecule has 0 saturated heterocycles. The van der Waals surface area contributed by atoms with Crippen molar-refractivity contribution in [3.8, 4) is 0 Å². The summed E-state index contributed by atoms with van der Waals surface area (Å²) in [6.07, 6.45) is 64.3. The summed E-state index contributed by atoms with van der Waals surface area (Å²) in [7, 11) is 0. The van der Waals surface area contributed by atoms with Crippen LogP contribution < -0.4 is 0 Å². The van der Waals surface area contributed by atoms with E-state index >= 15 is 0 Å². The number of carbonyl (C=O) groups excluding carboxylic acids is 3. The Morgan fingerprint density at radius 3 is 1.10 bits per heavy atom. The van der Waals surface area contributed by atoms with Crippen LogP contribution in [-0.4, -0.2) is 37.2 Å². The summed E-state index contributed by atoms with van der Waals surface area (Å²) in [5.74, 6) is -0.966. The summed E-state index contributed by atoms with van der Waals surface area (Å²) in [6, 6.07) is 0. The molecule has 0 aromatic heterocycles. The van der Waals surface area contributed by atoms with E-state index in [4.69, 9.17) is 14.2 Å². The summed E-state index contributed by atoms with van der Waals surface area (Å²) in [4.78, 5) is 37.9. The van der Waals surface area contributed by atoms with Crippen LogP contribution in [0.15, 0.2) is 85.1 Å².